The molecule has 0 amide bonds. The second-order valence-corrected chi connectivity index (χ2v) is 8.29. The van der Waals surface area contributed by atoms with E-state index in [4.69, 9.17) is 0 Å². The molecule has 8 nitrogen and oxygen atoms in total. The molecule has 144 valence electrons. The minimum absolute atomic E-state index is 0.328. The van der Waals surface area contributed by atoms with E-state index < -0.39 is 10.0 Å². The van der Waals surface area contributed by atoms with E-state index in [1.165, 1.54) is 4.31 Å². The van der Waals surface area contributed by atoms with Gasteiger partial charge in [0.15, 0.2) is 11.6 Å². The predicted molar refractivity (Wildman–Crippen MR) is 107 cm³/mol. The molecular formula is C19H20N6O2S. The molecule has 0 spiro atoms. The summed E-state index contributed by atoms with van der Waals surface area (Å²) in [6.07, 6.45) is 3.42. The van der Waals surface area contributed by atoms with Crippen LogP contribution in [0.4, 0.5) is 17.3 Å². The van der Waals surface area contributed by atoms with Gasteiger partial charge in [0.1, 0.15) is 0 Å². The van der Waals surface area contributed by atoms with Crippen LogP contribution in [-0.4, -0.2) is 54.1 Å². The molecule has 0 unspecified atom stereocenters. The number of nitrogens with zero attached hydrogens (tertiary/aromatic N) is 5. The molecular weight excluding hydrogens is 376 g/mol. The average molecular weight is 396 g/mol. The smallest absolute Gasteiger partial charge is 0.243 e. The van der Waals surface area contributed by atoms with Crippen molar-refractivity contribution in [2.45, 2.75) is 4.90 Å². The third-order valence-corrected chi connectivity index (χ3v) is 6.44. The lowest BCUT2D eigenvalue weighted by molar-refractivity contribution is 0.383. The van der Waals surface area contributed by atoms with E-state index in [0.717, 1.165) is 11.5 Å². The van der Waals surface area contributed by atoms with Crippen molar-refractivity contribution in [3.8, 4) is 0 Å². The van der Waals surface area contributed by atoms with Crippen molar-refractivity contribution in [2.24, 2.45) is 0 Å². The number of pyridine rings is 1. The van der Waals surface area contributed by atoms with Crippen LogP contribution in [0.25, 0.3) is 0 Å². The zero-order valence-electron chi connectivity index (χ0n) is 15.1. The highest BCUT2D eigenvalue weighted by molar-refractivity contribution is 7.89. The first-order valence-electron chi connectivity index (χ1n) is 8.94. The third-order valence-electron chi connectivity index (χ3n) is 4.53. The van der Waals surface area contributed by atoms with Gasteiger partial charge in [0.25, 0.3) is 0 Å². The first-order chi connectivity index (χ1) is 13.6. The number of anilines is 3. The highest BCUT2D eigenvalue weighted by Crippen LogP contribution is 2.20. The summed E-state index contributed by atoms with van der Waals surface area (Å²) in [4.78, 5) is 6.42. The average Bonchev–Trinajstić information content (AvgIpc) is 2.76. The Morgan fingerprint density at radius 1 is 0.857 bits per heavy atom. The van der Waals surface area contributed by atoms with Crippen LogP contribution in [0.1, 0.15) is 0 Å². The Morgan fingerprint density at radius 3 is 2.29 bits per heavy atom. The molecule has 1 aliphatic rings. The van der Waals surface area contributed by atoms with Gasteiger partial charge in [0, 0.05) is 32.4 Å². The van der Waals surface area contributed by atoms with E-state index in [9.17, 15) is 8.42 Å². The molecule has 1 fully saturated rings. The fourth-order valence-corrected chi connectivity index (χ4v) is 4.49. The Kier molecular flexibility index (Phi) is 5.18. The molecule has 1 aromatic carbocycles. The molecule has 3 heterocycles. The number of nitrogens with one attached hydrogen (secondary N) is 1. The van der Waals surface area contributed by atoms with Crippen molar-refractivity contribution in [3.63, 3.8) is 0 Å². The second kappa shape index (κ2) is 7.91. The summed E-state index contributed by atoms with van der Waals surface area (Å²) < 4.78 is 26.9. The lowest BCUT2D eigenvalue weighted by atomic mass is 10.3. The van der Waals surface area contributed by atoms with Crippen molar-refractivity contribution in [3.05, 3.63) is 67.0 Å². The number of sulfonamides is 1. The third kappa shape index (κ3) is 3.95. The Hall–Kier alpha value is -3.04. The Morgan fingerprint density at radius 2 is 1.64 bits per heavy atom. The zero-order chi connectivity index (χ0) is 19.4. The van der Waals surface area contributed by atoms with E-state index in [0.29, 0.717) is 36.9 Å². The fraction of sp³-hybridized carbons (Fsp3) is 0.211. The minimum Gasteiger partial charge on any atom is -0.352 e. The summed E-state index contributed by atoms with van der Waals surface area (Å²) in [6.45, 7) is 1.95. The molecule has 1 aliphatic heterocycles. The predicted octanol–water partition coefficient (Wildman–Crippen LogP) is 2.13. The summed E-state index contributed by atoms with van der Waals surface area (Å²) in [5.74, 6) is 1.36. The quantitative estimate of drug-likeness (QED) is 0.706. The van der Waals surface area contributed by atoms with Crippen LogP contribution in [-0.2, 0) is 10.0 Å². The largest absolute Gasteiger partial charge is 0.352 e. The summed E-state index contributed by atoms with van der Waals surface area (Å²) in [5.41, 5.74) is 0.837. The molecule has 1 N–H and O–H groups in total. The molecule has 0 bridgehead atoms. The molecule has 1 saturated heterocycles. The zero-order valence-corrected chi connectivity index (χ0v) is 16.0. The molecule has 2 aromatic heterocycles. The molecule has 9 heteroatoms. The van der Waals surface area contributed by atoms with Crippen molar-refractivity contribution in [2.75, 3.05) is 36.4 Å². The van der Waals surface area contributed by atoms with Gasteiger partial charge in [0.05, 0.1) is 16.8 Å². The van der Waals surface area contributed by atoms with Gasteiger partial charge >= 0.3 is 0 Å². The Labute approximate surface area is 163 Å². The lowest BCUT2D eigenvalue weighted by Gasteiger charge is -2.34. The molecule has 0 aliphatic carbocycles. The number of benzene rings is 1. The standard InChI is InChI=1S/C19H20N6O2S/c26-28(27,17-6-2-1-3-7-17)25-13-11-24(12-14-25)19-9-8-18(22-23-19)21-16-5-4-10-20-15-16/h1-10,15H,11-14H2,(H,21,22). The van der Waals surface area contributed by atoms with Crippen LogP contribution >= 0.6 is 0 Å². The molecule has 3 aromatic rings. The second-order valence-electron chi connectivity index (χ2n) is 6.35. The van der Waals surface area contributed by atoms with E-state index in [1.807, 2.05) is 35.2 Å². The number of hydrogen-bond donors (Lipinski definition) is 1. The summed E-state index contributed by atoms with van der Waals surface area (Å²) in [5, 5.41) is 11.6. The Bertz CT molecular complexity index is 1010. The van der Waals surface area contributed by atoms with Crippen LogP contribution < -0.4 is 10.2 Å². The van der Waals surface area contributed by atoms with E-state index in [1.54, 1.807) is 36.7 Å². The fourth-order valence-electron chi connectivity index (χ4n) is 3.04. The molecule has 0 saturated carbocycles. The maximum Gasteiger partial charge on any atom is 0.243 e. The van der Waals surface area contributed by atoms with Crippen molar-refractivity contribution < 1.29 is 8.42 Å². The molecule has 0 atom stereocenters. The van der Waals surface area contributed by atoms with Gasteiger partial charge in [-0.25, -0.2) is 8.42 Å². The summed E-state index contributed by atoms with van der Waals surface area (Å²) in [6, 6.07) is 16.0. The summed E-state index contributed by atoms with van der Waals surface area (Å²) in [7, 11) is -3.45. The number of hydrogen-bond acceptors (Lipinski definition) is 7. The molecule has 0 radical (unpaired) electrons. The van der Waals surface area contributed by atoms with Gasteiger partial charge in [0.2, 0.25) is 10.0 Å². The highest BCUT2D eigenvalue weighted by Gasteiger charge is 2.28. The molecule has 28 heavy (non-hydrogen) atoms. The van der Waals surface area contributed by atoms with Crippen LogP contribution in [0.15, 0.2) is 71.9 Å². The lowest BCUT2D eigenvalue weighted by Crippen LogP contribution is -2.48. The topological polar surface area (TPSA) is 91.3 Å². The van der Waals surface area contributed by atoms with Crippen LogP contribution in [0.2, 0.25) is 0 Å². The normalized spacial score (nSPS) is 15.4. The SMILES string of the molecule is O=S(=O)(c1ccccc1)N1CCN(c2ccc(Nc3cccnc3)nn2)CC1. The van der Waals surface area contributed by atoms with Crippen LogP contribution in [0.5, 0.6) is 0 Å². The van der Waals surface area contributed by atoms with E-state index >= 15 is 0 Å². The number of piperazine rings is 1. The molecule has 4 rings (SSSR count). The minimum atomic E-state index is -3.45. The monoisotopic (exact) mass is 396 g/mol. The number of rotatable bonds is 5. The van der Waals surface area contributed by atoms with Crippen molar-refractivity contribution in [1.82, 2.24) is 19.5 Å². The van der Waals surface area contributed by atoms with Crippen molar-refractivity contribution in [1.29, 1.82) is 0 Å². The Balaban J connectivity index is 1.39. The van der Waals surface area contributed by atoms with Gasteiger partial charge in [-0.2, -0.15) is 4.31 Å². The maximum absolute atomic E-state index is 12.7. The van der Waals surface area contributed by atoms with Gasteiger partial charge in [-0.15, -0.1) is 10.2 Å². The first kappa shape index (κ1) is 18.3. The number of aromatic nitrogens is 3. The van der Waals surface area contributed by atoms with Crippen molar-refractivity contribution >= 4 is 27.3 Å². The maximum atomic E-state index is 12.7. The van der Waals surface area contributed by atoms with Crippen LogP contribution in [0.3, 0.4) is 0 Å². The van der Waals surface area contributed by atoms with Crippen LogP contribution in [0, 0.1) is 0 Å². The highest BCUT2D eigenvalue weighted by atomic mass is 32.2. The summed E-state index contributed by atoms with van der Waals surface area (Å²) >= 11 is 0. The first-order valence-corrected chi connectivity index (χ1v) is 10.4. The van der Waals surface area contributed by atoms with Gasteiger partial charge < -0.3 is 10.2 Å². The van der Waals surface area contributed by atoms with Gasteiger partial charge in [-0.1, -0.05) is 18.2 Å². The van der Waals surface area contributed by atoms with Gasteiger partial charge in [-0.05, 0) is 36.4 Å². The van der Waals surface area contributed by atoms with E-state index in [2.05, 4.69) is 20.5 Å². The van der Waals surface area contributed by atoms with E-state index in [-0.39, 0.29) is 0 Å². The van der Waals surface area contributed by atoms with Gasteiger partial charge in [-0.3, -0.25) is 4.98 Å².